The van der Waals surface area contributed by atoms with Gasteiger partial charge >= 0.3 is 0 Å². The Morgan fingerprint density at radius 1 is 1.13 bits per heavy atom. The molecule has 0 spiro atoms. The van der Waals surface area contributed by atoms with Gasteiger partial charge in [-0.15, -0.1) is 0 Å². The van der Waals surface area contributed by atoms with E-state index in [0.29, 0.717) is 5.54 Å². The zero-order valence-electron chi connectivity index (χ0n) is 10.6. The molecule has 0 aliphatic carbocycles. The highest BCUT2D eigenvalue weighted by Gasteiger charge is 2.27. The van der Waals surface area contributed by atoms with Gasteiger partial charge in [0.1, 0.15) is 0 Å². The predicted molar refractivity (Wildman–Crippen MR) is 66.4 cm³/mol. The highest BCUT2D eigenvalue weighted by molar-refractivity contribution is 5.75. The average Bonchev–Trinajstić information content (AvgIpc) is 2.19. The van der Waals surface area contributed by atoms with Crippen molar-refractivity contribution in [2.24, 2.45) is 0 Å². The molecule has 0 bridgehead atoms. The van der Waals surface area contributed by atoms with E-state index in [-0.39, 0.29) is 8.41 Å². The summed E-state index contributed by atoms with van der Waals surface area (Å²) in [4.78, 5) is 2.58. The number of hydrogen-bond acceptors (Lipinski definition) is 2. The summed E-state index contributed by atoms with van der Waals surface area (Å²) in [6, 6.07) is 0. The van der Waals surface area contributed by atoms with Gasteiger partial charge in [0.05, 0.1) is 13.2 Å². The number of unbranched alkanes of at least 4 members (excludes halogenated alkanes) is 2. The van der Waals surface area contributed by atoms with Gasteiger partial charge in [-0.25, -0.2) is 0 Å². The quantitative estimate of drug-likeness (QED) is 0.510. The van der Waals surface area contributed by atoms with Gasteiger partial charge in [0.2, 0.25) is 0 Å². The molecule has 0 atom stereocenters. The molecular formula is C12H25BNO. The Bertz CT molecular complexity index is 156. The van der Waals surface area contributed by atoms with Crippen molar-refractivity contribution in [2.45, 2.75) is 52.0 Å². The van der Waals surface area contributed by atoms with Crippen molar-refractivity contribution in [1.29, 1.82) is 0 Å². The molecule has 0 aromatic heterocycles. The number of hydrogen-bond donors (Lipinski definition) is 0. The van der Waals surface area contributed by atoms with Crippen LogP contribution in [0.5, 0.6) is 0 Å². The lowest BCUT2D eigenvalue weighted by Gasteiger charge is -2.41. The molecule has 1 saturated heterocycles. The van der Waals surface area contributed by atoms with Gasteiger partial charge in [0.15, 0.2) is 0 Å². The second kappa shape index (κ2) is 7.29. The van der Waals surface area contributed by atoms with Gasteiger partial charge in [0, 0.05) is 27.0 Å². The third-order valence-electron chi connectivity index (χ3n) is 3.26. The second-order valence-corrected chi connectivity index (χ2v) is 4.87. The minimum Gasteiger partial charge on any atom is -0.379 e. The van der Waals surface area contributed by atoms with E-state index in [2.05, 4.69) is 25.7 Å². The Morgan fingerprint density at radius 3 is 2.27 bits per heavy atom. The van der Waals surface area contributed by atoms with Crippen LogP contribution in [-0.2, 0) is 4.74 Å². The Kier molecular flexibility index (Phi) is 7.28. The summed E-state index contributed by atoms with van der Waals surface area (Å²) in [7, 11) is 0. The van der Waals surface area contributed by atoms with Crippen LogP contribution in [0.15, 0.2) is 0 Å². The van der Waals surface area contributed by atoms with E-state index in [0.717, 1.165) is 26.3 Å². The maximum absolute atomic E-state index is 5.38. The molecule has 87 valence electrons. The maximum Gasteiger partial charge on any atom is 0.0594 e. The molecule has 1 aliphatic heterocycles. The second-order valence-electron chi connectivity index (χ2n) is 4.87. The molecule has 1 heterocycles. The minimum atomic E-state index is 0. The normalized spacial score (nSPS) is 18.6. The fraction of sp³-hybridized carbons (Fsp3) is 1.00. The molecule has 15 heavy (non-hydrogen) atoms. The van der Waals surface area contributed by atoms with Crippen LogP contribution in [0.25, 0.3) is 0 Å². The Balaban J connectivity index is 0.00000196. The summed E-state index contributed by atoms with van der Waals surface area (Å²) in [5.74, 6) is 0. The summed E-state index contributed by atoms with van der Waals surface area (Å²) in [6.07, 6.45) is 5.37. The topological polar surface area (TPSA) is 12.5 Å². The molecule has 3 radical (unpaired) electrons. The third-order valence-corrected chi connectivity index (χ3v) is 3.26. The molecular weight excluding hydrogens is 185 g/mol. The van der Waals surface area contributed by atoms with E-state index in [9.17, 15) is 0 Å². The summed E-state index contributed by atoms with van der Waals surface area (Å²) < 4.78 is 5.38. The molecule has 2 nitrogen and oxygen atoms in total. The minimum absolute atomic E-state index is 0. The van der Waals surface area contributed by atoms with E-state index in [1.807, 2.05) is 0 Å². The van der Waals surface area contributed by atoms with Gasteiger partial charge in [-0.05, 0) is 20.3 Å². The predicted octanol–water partition coefficient (Wildman–Crippen LogP) is 2.30. The lowest BCUT2D eigenvalue weighted by Crippen LogP contribution is -2.49. The molecule has 0 amide bonds. The van der Waals surface area contributed by atoms with Crippen molar-refractivity contribution in [3.8, 4) is 0 Å². The summed E-state index contributed by atoms with van der Waals surface area (Å²) in [5.41, 5.74) is 0.374. The Hall–Kier alpha value is -0.0151. The first kappa shape index (κ1) is 15.0. The third kappa shape index (κ3) is 5.03. The van der Waals surface area contributed by atoms with Crippen molar-refractivity contribution in [3.63, 3.8) is 0 Å². The number of nitrogens with zero attached hydrogens (tertiary/aromatic N) is 1. The summed E-state index contributed by atoms with van der Waals surface area (Å²) in [6.45, 7) is 11.1. The van der Waals surface area contributed by atoms with Gasteiger partial charge in [-0.1, -0.05) is 26.2 Å². The molecule has 1 aliphatic rings. The fourth-order valence-electron chi connectivity index (χ4n) is 2.13. The van der Waals surface area contributed by atoms with E-state index in [1.165, 1.54) is 25.7 Å². The Labute approximate surface area is 96.9 Å². The lowest BCUT2D eigenvalue weighted by molar-refractivity contribution is -0.0135. The van der Waals surface area contributed by atoms with Crippen molar-refractivity contribution < 1.29 is 4.74 Å². The molecule has 1 fully saturated rings. The van der Waals surface area contributed by atoms with Crippen LogP contribution in [0.4, 0.5) is 0 Å². The van der Waals surface area contributed by atoms with Crippen LogP contribution in [0, 0.1) is 0 Å². The highest BCUT2D eigenvalue weighted by Crippen LogP contribution is 2.22. The molecule has 3 heteroatoms. The first-order valence-electron chi connectivity index (χ1n) is 5.99. The van der Waals surface area contributed by atoms with E-state index < -0.39 is 0 Å². The van der Waals surface area contributed by atoms with Crippen molar-refractivity contribution in [3.05, 3.63) is 0 Å². The largest absolute Gasteiger partial charge is 0.379 e. The molecule has 0 saturated carbocycles. The van der Waals surface area contributed by atoms with Crippen LogP contribution >= 0.6 is 0 Å². The summed E-state index contributed by atoms with van der Waals surface area (Å²) in [5, 5.41) is 0. The number of ether oxygens (including phenoxy) is 1. The van der Waals surface area contributed by atoms with Crippen molar-refractivity contribution in [2.75, 3.05) is 26.3 Å². The van der Waals surface area contributed by atoms with Crippen molar-refractivity contribution in [1.82, 2.24) is 4.90 Å². The van der Waals surface area contributed by atoms with Crippen LogP contribution in [0.2, 0.25) is 0 Å². The first-order chi connectivity index (χ1) is 6.67. The van der Waals surface area contributed by atoms with Crippen LogP contribution in [-0.4, -0.2) is 45.2 Å². The Morgan fingerprint density at radius 2 is 1.73 bits per heavy atom. The van der Waals surface area contributed by atoms with Crippen LogP contribution < -0.4 is 0 Å². The first-order valence-corrected chi connectivity index (χ1v) is 5.99. The molecule has 0 aromatic rings. The zero-order valence-corrected chi connectivity index (χ0v) is 10.6. The van der Waals surface area contributed by atoms with E-state index in [4.69, 9.17) is 4.74 Å². The van der Waals surface area contributed by atoms with E-state index in [1.54, 1.807) is 0 Å². The van der Waals surface area contributed by atoms with Crippen LogP contribution in [0.1, 0.15) is 46.5 Å². The number of rotatable bonds is 5. The van der Waals surface area contributed by atoms with E-state index >= 15 is 0 Å². The standard InChI is InChI=1S/C12H25NO.B/c1-4-5-6-7-12(2,3)13-8-10-14-11-9-13;/h4-11H2,1-3H3;. The summed E-state index contributed by atoms with van der Waals surface area (Å²) >= 11 is 0. The molecule has 0 aromatic carbocycles. The number of morpholine rings is 1. The monoisotopic (exact) mass is 210 g/mol. The lowest BCUT2D eigenvalue weighted by atomic mass is 9.94. The average molecular weight is 210 g/mol. The maximum atomic E-state index is 5.38. The van der Waals surface area contributed by atoms with Crippen LogP contribution in [0.3, 0.4) is 0 Å². The SMILES string of the molecule is CCCCCC(C)(C)N1CCOCC1.[B]. The highest BCUT2D eigenvalue weighted by atomic mass is 16.5. The van der Waals surface area contributed by atoms with Crippen molar-refractivity contribution >= 4 is 8.41 Å². The van der Waals surface area contributed by atoms with Gasteiger partial charge in [-0.3, -0.25) is 4.90 Å². The molecule has 1 rings (SSSR count). The smallest absolute Gasteiger partial charge is 0.0594 e. The van der Waals surface area contributed by atoms with Gasteiger partial charge in [0.25, 0.3) is 0 Å². The molecule has 0 unspecified atom stereocenters. The fourth-order valence-corrected chi connectivity index (χ4v) is 2.13. The van der Waals surface area contributed by atoms with Gasteiger partial charge < -0.3 is 4.74 Å². The molecule has 0 N–H and O–H groups in total. The zero-order chi connectivity index (χ0) is 10.4. The van der Waals surface area contributed by atoms with Gasteiger partial charge in [-0.2, -0.15) is 0 Å².